The van der Waals surface area contributed by atoms with E-state index in [1.807, 2.05) is 114 Å². The molecule has 8 rings (SSSR count). The van der Waals surface area contributed by atoms with Gasteiger partial charge in [-0.15, -0.1) is 0 Å². The van der Waals surface area contributed by atoms with E-state index in [2.05, 4.69) is 78.8 Å². The van der Waals surface area contributed by atoms with E-state index in [9.17, 15) is 52.1 Å². The summed E-state index contributed by atoms with van der Waals surface area (Å²) in [5.74, 6) is 0.484. The number of aliphatic hydroxyl groups is 4. The van der Waals surface area contributed by atoms with Crippen LogP contribution in [0.4, 0.5) is 14.4 Å². The number of amides is 5. The number of ether oxygens (including phenoxy) is 5. The average molecular weight is 1690 g/mol. The molecule has 0 radical (unpaired) electrons. The lowest BCUT2D eigenvalue weighted by atomic mass is 9.87. The molecule has 8 saturated heterocycles. The quantitative estimate of drug-likeness (QED) is 0.00451. The van der Waals surface area contributed by atoms with Crippen LogP contribution >= 0.6 is 0 Å². The Labute approximate surface area is 710 Å². The van der Waals surface area contributed by atoms with Gasteiger partial charge < -0.3 is 74.8 Å². The number of nitro groups is 1. The summed E-state index contributed by atoms with van der Waals surface area (Å²) in [7, 11) is -3.37. The summed E-state index contributed by atoms with van der Waals surface area (Å²) in [5.41, 5.74) is 3.95. The number of likely N-dealkylation sites (tertiary alicyclic amines) is 3. The van der Waals surface area contributed by atoms with Crippen LogP contribution in [0, 0.1) is 51.5 Å². The summed E-state index contributed by atoms with van der Waals surface area (Å²) in [6.07, 6.45) is 18.0. The molecule has 0 aromatic carbocycles. The molecule has 31 nitrogen and oxygen atoms in total. The van der Waals surface area contributed by atoms with Crippen LogP contribution in [0.5, 0.6) is 0 Å². The maximum atomic E-state index is 12.3. The summed E-state index contributed by atoms with van der Waals surface area (Å²) >= 11 is 0. The minimum absolute atomic E-state index is 0.0444. The largest absolute Gasteiger partial charge is 0.465 e. The molecule has 0 saturated carbocycles. The van der Waals surface area contributed by atoms with E-state index >= 15 is 0 Å². The number of hydrogen-bond acceptors (Lipinski definition) is 23. The zero-order valence-corrected chi connectivity index (χ0v) is 76.1. The predicted octanol–water partition coefficient (Wildman–Crippen LogP) is 14.4. The van der Waals surface area contributed by atoms with E-state index in [1.165, 1.54) is 12.8 Å². The molecule has 0 aromatic heterocycles. The van der Waals surface area contributed by atoms with Crippen molar-refractivity contribution < 1.29 is 103 Å². The van der Waals surface area contributed by atoms with Gasteiger partial charge in [0.2, 0.25) is 17.4 Å². The molecule has 5 amide bonds. The van der Waals surface area contributed by atoms with Crippen molar-refractivity contribution >= 4 is 52.2 Å². The van der Waals surface area contributed by atoms with Gasteiger partial charge in [0.15, 0.2) is 0 Å². The van der Waals surface area contributed by atoms with E-state index in [0.29, 0.717) is 68.0 Å². The fourth-order valence-electron chi connectivity index (χ4n) is 15.5. The first-order chi connectivity index (χ1) is 56.1. The van der Waals surface area contributed by atoms with E-state index in [4.69, 9.17) is 57.3 Å². The molecule has 0 aromatic rings. The SMILES string of the molecule is C=C1CCCOC1=O.CC(C)(C)OC(=O)N1C[C@@H](CCCN=[N+]=[N-])CC1(C)C.CC(C)(C)OC(=O)N1C[C@@H](CCCO)CC1(C)C.CC(C)(C)OC(=O)N1C[C@@H](CCCOS(C)(=O)=O)CC1(C)C.CC1(C)CC(CCCO)C(=O)N1.CC1(C)C[C@H](CCCO)C(=O)N1.CC1(C)C[C@H](CCCO)CN1.[2H]C([2H])([2H])C(CC1CCCOC1=O)([N+](=O)[O-])C([2H])([2H])[2H]. The van der Waals surface area contributed by atoms with Gasteiger partial charge in [-0.3, -0.25) is 28.7 Å². The number of rotatable bonds is 24. The molecule has 8 fully saturated rings. The van der Waals surface area contributed by atoms with E-state index in [0.717, 1.165) is 141 Å². The number of hydrogen-bond donors (Lipinski definition) is 7. The maximum Gasteiger partial charge on any atom is 0.410 e. The van der Waals surface area contributed by atoms with E-state index in [1.54, 1.807) is 4.90 Å². The van der Waals surface area contributed by atoms with Gasteiger partial charge >= 0.3 is 30.2 Å². The topological polar surface area (TPSA) is 428 Å². The lowest BCUT2D eigenvalue weighted by molar-refractivity contribution is -0.562. The van der Waals surface area contributed by atoms with Crippen molar-refractivity contribution in [1.29, 1.82) is 0 Å². The highest BCUT2D eigenvalue weighted by atomic mass is 32.2. The molecule has 0 spiro atoms. The third kappa shape index (κ3) is 45.4. The molecule has 117 heavy (non-hydrogen) atoms. The number of nitrogens with zero attached hydrogens (tertiary/aromatic N) is 7. The Balaban J connectivity index is 0.000000714. The third-order valence-corrected chi connectivity index (χ3v) is 21.4. The normalized spacial score (nSPS) is 24.8. The number of nitrogens with one attached hydrogen (secondary N) is 3. The zero-order valence-electron chi connectivity index (χ0n) is 81.3. The van der Waals surface area contributed by atoms with E-state index < -0.39 is 69.4 Å². The second kappa shape index (κ2) is 49.1. The molecule has 8 heterocycles. The first kappa shape index (κ1) is 98.0. The Morgan fingerprint density at radius 2 is 0.974 bits per heavy atom. The monoisotopic (exact) mass is 1690 g/mol. The minimum Gasteiger partial charge on any atom is -0.465 e. The Hall–Kier alpha value is -6.15. The molecule has 2 unspecified atom stereocenters. The van der Waals surface area contributed by atoms with Gasteiger partial charge in [0.05, 0.1) is 32.0 Å². The Morgan fingerprint density at radius 3 is 1.28 bits per heavy atom. The number of esters is 2. The fourth-order valence-corrected chi connectivity index (χ4v) is 15.9. The summed E-state index contributed by atoms with van der Waals surface area (Å²) in [5, 5.41) is 58.9. The second-order valence-electron chi connectivity index (χ2n) is 39.2. The predicted molar refractivity (Wildman–Crippen MR) is 453 cm³/mol. The minimum atomic E-state index is -3.37. The van der Waals surface area contributed by atoms with Crippen LogP contribution in [0.2, 0.25) is 0 Å². The van der Waals surface area contributed by atoms with Crippen molar-refractivity contribution in [3.05, 3.63) is 32.7 Å². The van der Waals surface area contributed by atoms with Crippen LogP contribution in [0.25, 0.3) is 10.4 Å². The van der Waals surface area contributed by atoms with Gasteiger partial charge in [0, 0.05) is 141 Å². The van der Waals surface area contributed by atoms with Crippen molar-refractivity contribution in [3.8, 4) is 0 Å². The van der Waals surface area contributed by atoms with E-state index in [-0.39, 0.29) is 115 Å². The van der Waals surface area contributed by atoms with Gasteiger partial charge in [-0.25, -0.2) is 19.2 Å². The Bertz CT molecular complexity index is 3430. The fraction of sp³-hybridized carbons (Fsp3) is 0.894. The number of aliphatic hydroxyl groups excluding tert-OH is 4. The molecule has 7 atom stereocenters. The van der Waals surface area contributed by atoms with Gasteiger partial charge in [-0.05, 0) is 322 Å². The summed E-state index contributed by atoms with van der Waals surface area (Å²) < 4.78 is 96.0. The van der Waals surface area contributed by atoms with Crippen LogP contribution < -0.4 is 16.0 Å². The maximum absolute atomic E-state index is 12.3. The lowest BCUT2D eigenvalue weighted by Gasteiger charge is -2.33. The average Bonchev–Trinajstić information content (AvgIpc) is 1.57. The molecule has 680 valence electrons. The molecule has 8 aliphatic rings. The molecular weight excluding hydrogens is 1530 g/mol. The second-order valence-corrected chi connectivity index (χ2v) is 40.8. The molecular formula is C85H158N10O21S. The van der Waals surface area contributed by atoms with Crippen molar-refractivity contribution in [3.63, 3.8) is 0 Å². The smallest absolute Gasteiger partial charge is 0.410 e. The van der Waals surface area contributed by atoms with Crippen molar-refractivity contribution in [2.45, 2.75) is 362 Å². The van der Waals surface area contributed by atoms with Gasteiger partial charge in [0.25, 0.3) is 10.1 Å². The van der Waals surface area contributed by atoms with Gasteiger partial charge in [0.1, 0.15) is 16.8 Å². The van der Waals surface area contributed by atoms with Gasteiger partial charge in [-0.1, -0.05) is 11.7 Å². The first-order valence-corrected chi connectivity index (χ1v) is 43.8. The van der Waals surface area contributed by atoms with Crippen molar-refractivity contribution in [2.75, 3.05) is 85.2 Å². The zero-order chi connectivity index (χ0) is 95.0. The number of carbonyl (C=O) groups excluding carboxylic acids is 7. The molecule has 32 heteroatoms. The van der Waals surface area contributed by atoms with Gasteiger partial charge in [-0.2, -0.15) is 8.42 Å². The van der Waals surface area contributed by atoms with Crippen molar-refractivity contribution in [1.82, 2.24) is 30.7 Å². The lowest BCUT2D eigenvalue weighted by Crippen LogP contribution is -2.45. The molecule has 0 bridgehead atoms. The summed E-state index contributed by atoms with van der Waals surface area (Å²) in [6, 6.07) is 0. The number of azide groups is 1. The molecule has 7 N–H and O–H groups in total. The summed E-state index contributed by atoms with van der Waals surface area (Å²) in [6.45, 7) is 44.3. The highest BCUT2D eigenvalue weighted by molar-refractivity contribution is 7.86. The Morgan fingerprint density at radius 1 is 0.590 bits per heavy atom. The number of carbonyl (C=O) groups is 7. The van der Waals surface area contributed by atoms with Crippen LogP contribution in [0.15, 0.2) is 17.3 Å². The standard InChI is InChI=1S/C15H29NO5S.C14H26N4O2.C14H27NO3.C9H15NO4.2C9H17NO2.C9H19NO.C6H8O2/c1-14(2,3)21-13(17)16-11-12(10-15(16,4)5)8-7-9-20-22(6,18)19;1-13(2,3)20-12(19)18-10-11(9-14(18,4)5)7-6-8-16-17-15;1-13(2,3)18-12(17)15-10-11(7-6-8-16)9-14(15,4)5;1-9(2,10(12)13)6-7-4-3-5-14-8(7)11;2*1-9(2)6-7(4-3-5-11)8(12)10-9;1-9(2)6-8(7-10-9)4-3-5-11;1-5-3-2-4-8-6(5)7/h12H,7-11H2,1-6H3;11H,6-10H2,1-5H3;11,16H,6-10H2,1-5H3;7H,3-6H2,1-2H3;2*7,11H,3-6H2,1-2H3,(H,10,12);8,10-11H,3-7H2,1-2H3;1-4H2/t12-;2*11-;;7-;;8-;/m000.0.0./s1/i;;;1D3,2D3;;;;. The third-order valence-electron chi connectivity index (χ3n) is 20.8. The highest BCUT2D eigenvalue weighted by Gasteiger charge is 2.47. The van der Waals surface area contributed by atoms with Crippen LogP contribution in [0.1, 0.15) is 315 Å². The summed E-state index contributed by atoms with van der Waals surface area (Å²) in [4.78, 5) is 99.4. The Kier molecular flexibility index (Phi) is 41.1. The van der Waals surface area contributed by atoms with Crippen LogP contribution in [-0.4, -0.2) is 231 Å². The number of cyclic esters (lactones) is 2. The van der Waals surface area contributed by atoms with Crippen molar-refractivity contribution in [2.24, 2.45) is 46.5 Å². The molecule has 0 aliphatic carbocycles. The highest BCUT2D eigenvalue weighted by Crippen LogP contribution is 2.40. The molecule has 8 aliphatic heterocycles. The first-order valence-electron chi connectivity index (χ1n) is 44.9. The van der Waals surface area contributed by atoms with Crippen LogP contribution in [-0.2, 0) is 57.2 Å². The van der Waals surface area contributed by atoms with Crippen LogP contribution in [0.3, 0.4) is 0 Å².